The van der Waals surface area contributed by atoms with E-state index in [0.29, 0.717) is 28.9 Å². The van der Waals surface area contributed by atoms with Gasteiger partial charge in [-0.3, -0.25) is 4.90 Å². The number of halogens is 2. The normalized spacial score (nSPS) is 18.8. The second kappa shape index (κ2) is 8.72. The van der Waals surface area contributed by atoms with Gasteiger partial charge in [-0.15, -0.1) is 0 Å². The third kappa shape index (κ3) is 5.71. The summed E-state index contributed by atoms with van der Waals surface area (Å²) in [5.74, 6) is 1.30. The Bertz CT molecular complexity index is 881. The molecule has 3 rings (SSSR count). The van der Waals surface area contributed by atoms with E-state index in [1.807, 2.05) is 52.0 Å². The fraction of sp³-hybridized carbons (Fsp3) is 0.409. The van der Waals surface area contributed by atoms with Crippen molar-refractivity contribution in [2.75, 3.05) is 6.54 Å². The molecule has 1 heterocycles. The standard InChI is InChI=1S/C22H25Cl2NO4/c1-14-20(12-25(14)21(26)29-22(2,3)4)28-17-7-5-6-15(10-17)13-27-19-9-8-16(23)11-18(19)24/h5-11,14,20H,12-13H2,1-4H3. The van der Waals surface area contributed by atoms with Gasteiger partial charge in [0.05, 0.1) is 17.6 Å². The van der Waals surface area contributed by atoms with Gasteiger partial charge >= 0.3 is 6.09 Å². The third-order valence-electron chi connectivity index (χ3n) is 4.51. The highest BCUT2D eigenvalue weighted by atomic mass is 35.5. The van der Waals surface area contributed by atoms with Gasteiger partial charge in [0.1, 0.15) is 29.8 Å². The highest BCUT2D eigenvalue weighted by molar-refractivity contribution is 6.35. The first kappa shape index (κ1) is 21.6. The minimum atomic E-state index is -0.510. The number of likely N-dealkylation sites (tertiary alicyclic amines) is 1. The molecule has 156 valence electrons. The number of ether oxygens (including phenoxy) is 3. The van der Waals surface area contributed by atoms with Crippen LogP contribution in [-0.2, 0) is 11.3 Å². The molecule has 1 amide bonds. The lowest BCUT2D eigenvalue weighted by Gasteiger charge is -2.45. The van der Waals surface area contributed by atoms with E-state index in [1.165, 1.54) is 0 Å². The van der Waals surface area contributed by atoms with E-state index in [9.17, 15) is 4.79 Å². The zero-order valence-corrected chi connectivity index (χ0v) is 18.5. The minimum Gasteiger partial charge on any atom is -0.487 e. The SMILES string of the molecule is CC1C(Oc2cccc(COc3ccc(Cl)cc3Cl)c2)CN1C(=O)OC(C)(C)C. The molecule has 2 unspecified atom stereocenters. The van der Waals surface area contributed by atoms with Gasteiger partial charge in [-0.1, -0.05) is 35.3 Å². The Balaban J connectivity index is 1.55. The van der Waals surface area contributed by atoms with Crippen LogP contribution in [0, 0.1) is 0 Å². The van der Waals surface area contributed by atoms with Crippen molar-refractivity contribution < 1.29 is 19.0 Å². The average molecular weight is 438 g/mol. The lowest BCUT2D eigenvalue weighted by Crippen LogP contribution is -2.63. The van der Waals surface area contributed by atoms with Crippen LogP contribution in [0.2, 0.25) is 10.0 Å². The molecule has 1 aliphatic heterocycles. The van der Waals surface area contributed by atoms with Crippen molar-refractivity contribution >= 4 is 29.3 Å². The Morgan fingerprint density at radius 2 is 1.93 bits per heavy atom. The van der Waals surface area contributed by atoms with Gasteiger partial charge in [-0.25, -0.2) is 4.79 Å². The van der Waals surface area contributed by atoms with Crippen molar-refractivity contribution in [3.63, 3.8) is 0 Å². The Labute approximate surface area is 181 Å². The molecule has 0 radical (unpaired) electrons. The van der Waals surface area contributed by atoms with Crippen LogP contribution in [-0.4, -0.2) is 35.3 Å². The molecule has 1 aliphatic rings. The summed E-state index contributed by atoms with van der Waals surface area (Å²) in [5.41, 5.74) is 0.439. The van der Waals surface area contributed by atoms with Gasteiger partial charge < -0.3 is 14.2 Å². The van der Waals surface area contributed by atoms with E-state index in [-0.39, 0.29) is 18.2 Å². The molecule has 1 saturated heterocycles. The maximum absolute atomic E-state index is 12.2. The molecular weight excluding hydrogens is 413 g/mol. The Hall–Kier alpha value is -2.11. The predicted molar refractivity (Wildman–Crippen MR) is 114 cm³/mol. The number of hydrogen-bond acceptors (Lipinski definition) is 4. The first-order valence-electron chi connectivity index (χ1n) is 9.45. The van der Waals surface area contributed by atoms with E-state index >= 15 is 0 Å². The average Bonchev–Trinajstić information content (AvgIpc) is 2.62. The molecule has 7 heteroatoms. The van der Waals surface area contributed by atoms with Crippen LogP contribution < -0.4 is 9.47 Å². The number of carbonyl (C=O) groups excluding carboxylic acids is 1. The fourth-order valence-corrected chi connectivity index (χ4v) is 3.37. The second-order valence-electron chi connectivity index (χ2n) is 8.04. The molecule has 5 nitrogen and oxygen atoms in total. The molecule has 2 aromatic rings. The number of rotatable bonds is 5. The largest absolute Gasteiger partial charge is 0.487 e. The van der Waals surface area contributed by atoms with Crippen molar-refractivity contribution in [1.29, 1.82) is 0 Å². The molecule has 0 saturated carbocycles. The molecule has 0 aromatic heterocycles. The first-order chi connectivity index (χ1) is 13.6. The van der Waals surface area contributed by atoms with Gasteiger partial charge in [0.25, 0.3) is 0 Å². The smallest absolute Gasteiger partial charge is 0.410 e. The number of amides is 1. The predicted octanol–water partition coefficient (Wildman–Crippen LogP) is 5.96. The Kier molecular flexibility index (Phi) is 6.49. The Morgan fingerprint density at radius 3 is 2.59 bits per heavy atom. The van der Waals surface area contributed by atoms with Crippen molar-refractivity contribution in [3.05, 3.63) is 58.1 Å². The van der Waals surface area contributed by atoms with E-state index in [0.717, 1.165) is 11.3 Å². The van der Waals surface area contributed by atoms with E-state index in [1.54, 1.807) is 23.1 Å². The van der Waals surface area contributed by atoms with Crippen LogP contribution >= 0.6 is 23.2 Å². The van der Waals surface area contributed by atoms with Crippen LogP contribution in [0.3, 0.4) is 0 Å². The molecule has 29 heavy (non-hydrogen) atoms. The van der Waals surface area contributed by atoms with Crippen LogP contribution in [0.5, 0.6) is 11.5 Å². The molecule has 0 N–H and O–H groups in total. The number of benzene rings is 2. The second-order valence-corrected chi connectivity index (χ2v) is 8.88. The topological polar surface area (TPSA) is 48.0 Å². The quantitative estimate of drug-likeness (QED) is 0.578. The van der Waals surface area contributed by atoms with E-state index in [4.69, 9.17) is 37.4 Å². The van der Waals surface area contributed by atoms with Gasteiger partial charge in [0.2, 0.25) is 0 Å². The van der Waals surface area contributed by atoms with Gasteiger partial charge in [-0.2, -0.15) is 0 Å². The summed E-state index contributed by atoms with van der Waals surface area (Å²) in [7, 11) is 0. The lowest BCUT2D eigenvalue weighted by molar-refractivity contribution is -0.0536. The number of nitrogens with zero attached hydrogens (tertiary/aromatic N) is 1. The zero-order chi connectivity index (χ0) is 21.2. The molecule has 1 fully saturated rings. The van der Waals surface area contributed by atoms with Crippen molar-refractivity contribution in [2.24, 2.45) is 0 Å². The van der Waals surface area contributed by atoms with Crippen LogP contribution in [0.15, 0.2) is 42.5 Å². The van der Waals surface area contributed by atoms with Crippen molar-refractivity contribution in [1.82, 2.24) is 4.90 Å². The molecule has 0 spiro atoms. The minimum absolute atomic E-state index is 0.0577. The maximum Gasteiger partial charge on any atom is 0.410 e. The monoisotopic (exact) mass is 437 g/mol. The highest BCUT2D eigenvalue weighted by Crippen LogP contribution is 2.29. The van der Waals surface area contributed by atoms with Crippen molar-refractivity contribution in [3.8, 4) is 11.5 Å². The molecule has 0 aliphatic carbocycles. The fourth-order valence-electron chi connectivity index (χ4n) is 2.91. The van der Waals surface area contributed by atoms with Crippen LogP contribution in [0.1, 0.15) is 33.3 Å². The highest BCUT2D eigenvalue weighted by Gasteiger charge is 2.42. The summed E-state index contributed by atoms with van der Waals surface area (Å²) >= 11 is 12.0. The van der Waals surface area contributed by atoms with E-state index in [2.05, 4.69) is 0 Å². The molecule has 0 bridgehead atoms. The lowest BCUT2D eigenvalue weighted by atomic mass is 10.0. The molecular formula is C22H25Cl2NO4. The van der Waals surface area contributed by atoms with Crippen molar-refractivity contribution in [2.45, 2.75) is 52.0 Å². The third-order valence-corrected chi connectivity index (χ3v) is 5.04. The number of hydrogen-bond donors (Lipinski definition) is 0. The summed E-state index contributed by atoms with van der Waals surface area (Å²) < 4.78 is 17.3. The summed E-state index contributed by atoms with van der Waals surface area (Å²) in [4.78, 5) is 13.9. The van der Waals surface area contributed by atoms with Crippen LogP contribution in [0.4, 0.5) is 4.79 Å². The number of carbonyl (C=O) groups is 1. The maximum atomic E-state index is 12.2. The first-order valence-corrected chi connectivity index (χ1v) is 10.2. The summed E-state index contributed by atoms with van der Waals surface area (Å²) in [6.45, 7) is 8.37. The van der Waals surface area contributed by atoms with Crippen LogP contribution in [0.25, 0.3) is 0 Å². The van der Waals surface area contributed by atoms with E-state index < -0.39 is 5.60 Å². The molecule has 2 atom stereocenters. The summed E-state index contributed by atoms with van der Waals surface area (Å²) in [6, 6.07) is 12.7. The summed E-state index contributed by atoms with van der Waals surface area (Å²) in [6.07, 6.45) is -0.392. The molecule has 2 aromatic carbocycles. The van der Waals surface area contributed by atoms with Gasteiger partial charge in [-0.05, 0) is 63.6 Å². The summed E-state index contributed by atoms with van der Waals surface area (Å²) in [5, 5.41) is 1.03. The van der Waals surface area contributed by atoms with Gasteiger partial charge in [0.15, 0.2) is 0 Å². The van der Waals surface area contributed by atoms with Gasteiger partial charge in [0, 0.05) is 5.02 Å². The Morgan fingerprint density at radius 1 is 1.17 bits per heavy atom. The zero-order valence-electron chi connectivity index (χ0n) is 16.9.